The number of sulfonamides is 1. The number of rotatable bonds is 6. The van der Waals surface area contributed by atoms with Crippen molar-refractivity contribution in [3.05, 3.63) is 24.2 Å². The van der Waals surface area contributed by atoms with Gasteiger partial charge in [0.25, 0.3) is 15.9 Å². The smallest absolute Gasteiger partial charge is 0.262 e. The molecule has 0 saturated carbocycles. The number of hydrogen-bond donors (Lipinski definition) is 0. The van der Waals surface area contributed by atoms with Crippen LogP contribution in [-0.2, 0) is 28.4 Å². The lowest BCUT2D eigenvalue weighted by Crippen LogP contribution is -2.31. The molecule has 0 aromatic carbocycles. The first kappa shape index (κ1) is 16.1. The molecule has 0 spiro atoms. The van der Waals surface area contributed by atoms with Gasteiger partial charge in [0.1, 0.15) is 6.61 Å². The molecule has 126 valence electrons. The zero-order valence-corrected chi connectivity index (χ0v) is 13.9. The Balaban J connectivity index is 1.84. The summed E-state index contributed by atoms with van der Waals surface area (Å²) in [5.41, 5.74) is 0. The SMILES string of the molecule is CCOCc1nc(C2CCCN2S(=O)(=O)c2cn(C)cn2)no1. The van der Waals surface area contributed by atoms with Crippen molar-refractivity contribution in [2.75, 3.05) is 13.2 Å². The third-order valence-corrected chi connectivity index (χ3v) is 5.46. The van der Waals surface area contributed by atoms with Gasteiger partial charge in [0.2, 0.25) is 0 Å². The van der Waals surface area contributed by atoms with Crippen molar-refractivity contribution in [3.8, 4) is 0 Å². The first-order valence-corrected chi connectivity index (χ1v) is 8.86. The molecule has 0 N–H and O–H groups in total. The van der Waals surface area contributed by atoms with Gasteiger partial charge in [-0.2, -0.15) is 9.29 Å². The first-order chi connectivity index (χ1) is 11.0. The molecule has 3 rings (SSSR count). The summed E-state index contributed by atoms with van der Waals surface area (Å²) in [6, 6.07) is -0.430. The summed E-state index contributed by atoms with van der Waals surface area (Å²) in [6.07, 6.45) is 4.35. The topological polar surface area (TPSA) is 103 Å². The molecule has 1 saturated heterocycles. The maximum absolute atomic E-state index is 12.7. The minimum Gasteiger partial charge on any atom is -0.372 e. The van der Waals surface area contributed by atoms with Crippen LogP contribution in [0.1, 0.15) is 37.5 Å². The highest BCUT2D eigenvalue weighted by Crippen LogP contribution is 2.34. The van der Waals surface area contributed by atoms with Crippen molar-refractivity contribution in [1.82, 2.24) is 24.0 Å². The fourth-order valence-corrected chi connectivity index (χ4v) is 4.20. The Morgan fingerprint density at radius 3 is 3.00 bits per heavy atom. The summed E-state index contributed by atoms with van der Waals surface area (Å²) < 4.78 is 38.8. The van der Waals surface area contributed by atoms with E-state index in [1.54, 1.807) is 11.6 Å². The van der Waals surface area contributed by atoms with Crippen LogP contribution < -0.4 is 0 Å². The first-order valence-electron chi connectivity index (χ1n) is 7.42. The second-order valence-corrected chi connectivity index (χ2v) is 7.17. The number of aromatic nitrogens is 4. The Morgan fingerprint density at radius 1 is 1.48 bits per heavy atom. The van der Waals surface area contributed by atoms with Crippen molar-refractivity contribution >= 4 is 10.0 Å². The van der Waals surface area contributed by atoms with E-state index in [0.29, 0.717) is 31.3 Å². The Hall–Kier alpha value is -1.78. The lowest BCUT2D eigenvalue weighted by Gasteiger charge is -2.20. The fourth-order valence-electron chi connectivity index (χ4n) is 2.58. The van der Waals surface area contributed by atoms with Crippen LogP contribution >= 0.6 is 0 Å². The Kier molecular flexibility index (Phi) is 4.46. The summed E-state index contributed by atoms with van der Waals surface area (Å²) in [6.45, 7) is 3.05. The molecule has 1 aliphatic heterocycles. The quantitative estimate of drug-likeness (QED) is 0.767. The molecule has 23 heavy (non-hydrogen) atoms. The van der Waals surface area contributed by atoms with Gasteiger partial charge in [-0.25, -0.2) is 13.4 Å². The van der Waals surface area contributed by atoms with Crippen LogP contribution in [0.25, 0.3) is 0 Å². The lowest BCUT2D eigenvalue weighted by molar-refractivity contribution is 0.109. The molecule has 0 radical (unpaired) electrons. The summed E-state index contributed by atoms with van der Waals surface area (Å²) in [7, 11) is -1.95. The summed E-state index contributed by atoms with van der Waals surface area (Å²) in [4.78, 5) is 8.21. The average Bonchev–Trinajstić information content (AvgIpc) is 3.24. The van der Waals surface area contributed by atoms with E-state index < -0.39 is 16.1 Å². The number of aryl methyl sites for hydroxylation is 1. The minimum absolute atomic E-state index is 0.0323. The van der Waals surface area contributed by atoms with Crippen molar-refractivity contribution in [2.45, 2.75) is 37.4 Å². The van der Waals surface area contributed by atoms with Crippen LogP contribution in [0.3, 0.4) is 0 Å². The van der Waals surface area contributed by atoms with Crippen molar-refractivity contribution in [1.29, 1.82) is 0 Å². The highest BCUT2D eigenvalue weighted by atomic mass is 32.2. The van der Waals surface area contributed by atoms with Crippen LogP contribution in [0.5, 0.6) is 0 Å². The van der Waals surface area contributed by atoms with Gasteiger partial charge in [-0.05, 0) is 19.8 Å². The van der Waals surface area contributed by atoms with Crippen LogP contribution in [0, 0.1) is 0 Å². The molecule has 1 atom stereocenters. The minimum atomic E-state index is -3.67. The Morgan fingerprint density at radius 2 is 2.30 bits per heavy atom. The number of imidazole rings is 1. The van der Waals surface area contributed by atoms with Crippen LogP contribution in [0.2, 0.25) is 0 Å². The predicted molar refractivity (Wildman–Crippen MR) is 78.7 cm³/mol. The maximum Gasteiger partial charge on any atom is 0.262 e. The molecule has 1 fully saturated rings. The van der Waals surface area contributed by atoms with Gasteiger partial charge in [0.05, 0.1) is 12.4 Å². The zero-order valence-electron chi connectivity index (χ0n) is 13.0. The highest BCUT2D eigenvalue weighted by Gasteiger charge is 2.39. The molecule has 0 bridgehead atoms. The van der Waals surface area contributed by atoms with E-state index in [-0.39, 0.29) is 11.6 Å². The second kappa shape index (κ2) is 6.38. The monoisotopic (exact) mass is 341 g/mol. The molecule has 1 unspecified atom stereocenters. The van der Waals surface area contributed by atoms with E-state index in [0.717, 1.165) is 6.42 Å². The summed E-state index contributed by atoms with van der Waals surface area (Å²) in [5.74, 6) is 0.723. The van der Waals surface area contributed by atoms with Crippen molar-refractivity contribution < 1.29 is 17.7 Å². The van der Waals surface area contributed by atoms with Crippen molar-refractivity contribution in [3.63, 3.8) is 0 Å². The van der Waals surface area contributed by atoms with Gasteiger partial charge in [0, 0.05) is 26.4 Å². The number of nitrogens with zero attached hydrogens (tertiary/aromatic N) is 5. The largest absolute Gasteiger partial charge is 0.372 e. The second-order valence-electron chi connectivity index (χ2n) is 5.33. The van der Waals surface area contributed by atoms with E-state index >= 15 is 0 Å². The van der Waals surface area contributed by atoms with E-state index in [1.165, 1.54) is 16.8 Å². The van der Waals surface area contributed by atoms with E-state index in [9.17, 15) is 8.42 Å². The maximum atomic E-state index is 12.7. The number of hydrogen-bond acceptors (Lipinski definition) is 7. The molecule has 3 heterocycles. The third-order valence-electron chi connectivity index (χ3n) is 3.67. The van der Waals surface area contributed by atoms with E-state index in [2.05, 4.69) is 15.1 Å². The Bertz CT molecular complexity index is 769. The average molecular weight is 341 g/mol. The molecule has 9 nitrogen and oxygen atoms in total. The van der Waals surface area contributed by atoms with Crippen molar-refractivity contribution in [2.24, 2.45) is 7.05 Å². The third kappa shape index (κ3) is 3.14. The predicted octanol–water partition coefficient (Wildman–Crippen LogP) is 0.865. The molecular weight excluding hydrogens is 322 g/mol. The van der Waals surface area contributed by atoms with E-state index in [4.69, 9.17) is 9.26 Å². The fraction of sp³-hybridized carbons (Fsp3) is 0.615. The van der Waals surface area contributed by atoms with Gasteiger partial charge in [0.15, 0.2) is 10.9 Å². The molecule has 2 aromatic heterocycles. The van der Waals surface area contributed by atoms with Crippen LogP contribution in [0.4, 0.5) is 0 Å². The van der Waals surface area contributed by atoms with Crippen LogP contribution in [-0.4, -0.2) is 45.6 Å². The van der Waals surface area contributed by atoms with Gasteiger partial charge in [-0.3, -0.25) is 0 Å². The molecular formula is C13H19N5O4S. The normalized spacial score (nSPS) is 19.5. The van der Waals surface area contributed by atoms with Crippen LogP contribution in [0.15, 0.2) is 22.1 Å². The van der Waals surface area contributed by atoms with Gasteiger partial charge >= 0.3 is 0 Å². The summed E-state index contributed by atoms with van der Waals surface area (Å²) >= 11 is 0. The van der Waals surface area contributed by atoms with Gasteiger partial charge in [-0.1, -0.05) is 5.16 Å². The van der Waals surface area contributed by atoms with Gasteiger partial charge < -0.3 is 13.8 Å². The molecule has 2 aromatic rings. The van der Waals surface area contributed by atoms with Gasteiger partial charge in [-0.15, -0.1) is 0 Å². The lowest BCUT2D eigenvalue weighted by atomic mass is 10.2. The standard InChI is InChI=1S/C13H19N5O4S/c1-3-21-8-11-15-13(16-22-11)10-5-4-6-18(10)23(19,20)12-7-17(2)9-14-12/h7,9-10H,3-6,8H2,1-2H3. The number of ether oxygens (including phenoxy) is 1. The molecule has 0 aliphatic carbocycles. The zero-order chi connectivity index (χ0) is 16.4. The summed E-state index contributed by atoms with van der Waals surface area (Å²) in [5, 5.41) is 3.95. The highest BCUT2D eigenvalue weighted by molar-refractivity contribution is 7.89. The molecule has 1 aliphatic rings. The molecule has 0 amide bonds. The van der Waals surface area contributed by atoms with E-state index in [1.807, 2.05) is 6.92 Å². The Labute approximate surface area is 134 Å². The molecule has 10 heteroatoms.